The average Bonchev–Trinajstić information content (AvgIpc) is 3.13. The lowest BCUT2D eigenvalue weighted by Gasteiger charge is -2.19. The van der Waals surface area contributed by atoms with Crippen LogP contribution in [0.5, 0.6) is 0 Å². The van der Waals surface area contributed by atoms with Crippen LogP contribution in [-0.2, 0) is 20.8 Å². The lowest BCUT2D eigenvalue weighted by Crippen LogP contribution is -2.40. The molecule has 2 aliphatic heterocycles. The number of amides is 3. The molecule has 0 saturated carbocycles. The van der Waals surface area contributed by atoms with Gasteiger partial charge in [0.2, 0.25) is 11.9 Å². The van der Waals surface area contributed by atoms with Crippen molar-refractivity contribution in [2.45, 2.75) is 19.4 Å². The van der Waals surface area contributed by atoms with Gasteiger partial charge in [-0.2, -0.15) is 0 Å². The Labute approximate surface area is 166 Å². The molecule has 2 heterocycles. The highest BCUT2D eigenvalue weighted by Crippen LogP contribution is 2.30. The van der Waals surface area contributed by atoms with Gasteiger partial charge in [-0.15, -0.1) is 0 Å². The number of benzene rings is 2. The first kappa shape index (κ1) is 18.1. The number of halogens is 1. The third-order valence-electron chi connectivity index (χ3n) is 4.68. The normalized spacial score (nSPS) is 20.0. The van der Waals surface area contributed by atoms with E-state index in [0.29, 0.717) is 17.0 Å². The quantitative estimate of drug-likeness (QED) is 0.594. The zero-order valence-corrected chi connectivity index (χ0v) is 15.8. The van der Waals surface area contributed by atoms with Crippen LogP contribution < -0.4 is 0 Å². The number of imide groups is 1. The summed E-state index contributed by atoms with van der Waals surface area (Å²) in [7, 11) is 0. The Hall–Kier alpha value is -3.25. The van der Waals surface area contributed by atoms with Crippen molar-refractivity contribution >= 4 is 41.4 Å². The number of hydrogen-bond acceptors (Lipinski definition) is 4. The van der Waals surface area contributed by atoms with Crippen molar-refractivity contribution in [3.05, 3.63) is 76.4 Å². The molecule has 1 unspecified atom stereocenters. The molecule has 4 rings (SSSR count). The van der Waals surface area contributed by atoms with Crippen LogP contribution in [0.2, 0.25) is 5.02 Å². The van der Waals surface area contributed by atoms with E-state index < -0.39 is 17.9 Å². The SMILES string of the molecule is CC(=O)N1C2=N/C(=C\c3ccccc3Cl)C(=O)N2C(=O)C1Cc1ccccc1. The highest BCUT2D eigenvalue weighted by molar-refractivity contribution is 6.33. The van der Waals surface area contributed by atoms with Crippen molar-refractivity contribution in [2.75, 3.05) is 0 Å². The highest BCUT2D eigenvalue weighted by Gasteiger charge is 2.52. The van der Waals surface area contributed by atoms with Gasteiger partial charge in [-0.25, -0.2) is 9.89 Å². The standard InChI is InChI=1S/C21H16ClN3O3/c1-13(26)24-18(11-14-7-3-2-4-8-14)20(28)25-19(27)17(23-21(24)25)12-15-9-5-6-10-16(15)22/h2-10,12,18H,11H2,1H3/b17-12-. The van der Waals surface area contributed by atoms with Gasteiger partial charge in [0.25, 0.3) is 11.8 Å². The Balaban J connectivity index is 1.72. The minimum atomic E-state index is -0.788. The summed E-state index contributed by atoms with van der Waals surface area (Å²) < 4.78 is 0. The summed E-state index contributed by atoms with van der Waals surface area (Å²) in [6.45, 7) is 1.36. The first-order valence-corrected chi connectivity index (χ1v) is 9.12. The predicted molar refractivity (Wildman–Crippen MR) is 105 cm³/mol. The van der Waals surface area contributed by atoms with Crippen LogP contribution in [0.25, 0.3) is 6.08 Å². The minimum absolute atomic E-state index is 0.0572. The maximum Gasteiger partial charge on any atom is 0.286 e. The molecule has 0 radical (unpaired) electrons. The molecule has 2 aromatic carbocycles. The van der Waals surface area contributed by atoms with E-state index in [0.717, 1.165) is 10.5 Å². The van der Waals surface area contributed by atoms with E-state index in [9.17, 15) is 14.4 Å². The highest BCUT2D eigenvalue weighted by atomic mass is 35.5. The summed E-state index contributed by atoms with van der Waals surface area (Å²) in [5.41, 5.74) is 1.58. The van der Waals surface area contributed by atoms with Gasteiger partial charge < -0.3 is 0 Å². The van der Waals surface area contributed by atoms with Gasteiger partial charge in [0.15, 0.2) is 0 Å². The number of fused-ring (bicyclic) bond motifs is 1. The van der Waals surface area contributed by atoms with E-state index in [4.69, 9.17) is 11.6 Å². The third-order valence-corrected chi connectivity index (χ3v) is 5.03. The fourth-order valence-electron chi connectivity index (χ4n) is 3.38. The summed E-state index contributed by atoms with van der Waals surface area (Å²) in [6.07, 6.45) is 1.83. The summed E-state index contributed by atoms with van der Waals surface area (Å²) in [5.74, 6) is -1.30. The van der Waals surface area contributed by atoms with Gasteiger partial charge in [0.05, 0.1) is 0 Å². The van der Waals surface area contributed by atoms with Crippen molar-refractivity contribution in [3.8, 4) is 0 Å². The Morgan fingerprint density at radius 3 is 2.46 bits per heavy atom. The maximum atomic E-state index is 13.0. The lowest BCUT2D eigenvalue weighted by molar-refractivity contribution is -0.138. The molecule has 1 saturated heterocycles. The molecule has 2 aromatic rings. The van der Waals surface area contributed by atoms with Gasteiger partial charge in [0, 0.05) is 18.4 Å². The number of carbonyl (C=O) groups excluding carboxylic acids is 3. The molecule has 6 nitrogen and oxygen atoms in total. The average molecular weight is 394 g/mol. The van der Waals surface area contributed by atoms with Crippen molar-refractivity contribution in [3.63, 3.8) is 0 Å². The molecule has 1 fully saturated rings. The van der Waals surface area contributed by atoms with Crippen molar-refractivity contribution < 1.29 is 14.4 Å². The fourth-order valence-corrected chi connectivity index (χ4v) is 3.57. The van der Waals surface area contributed by atoms with Crippen LogP contribution in [0.15, 0.2) is 65.3 Å². The van der Waals surface area contributed by atoms with E-state index in [1.165, 1.54) is 17.9 Å². The summed E-state index contributed by atoms with van der Waals surface area (Å²) >= 11 is 6.14. The van der Waals surface area contributed by atoms with E-state index in [-0.39, 0.29) is 17.6 Å². The van der Waals surface area contributed by atoms with Crippen LogP contribution in [0.1, 0.15) is 18.1 Å². The second kappa shape index (κ2) is 7.05. The van der Waals surface area contributed by atoms with Crippen LogP contribution in [0.4, 0.5) is 0 Å². The molecule has 140 valence electrons. The number of aliphatic imine (C=N–C) groups is 1. The van der Waals surface area contributed by atoms with Crippen molar-refractivity contribution in [2.24, 2.45) is 4.99 Å². The van der Waals surface area contributed by atoms with Gasteiger partial charge in [-0.1, -0.05) is 60.1 Å². The molecule has 1 atom stereocenters. The molecule has 0 N–H and O–H groups in total. The van der Waals surface area contributed by atoms with E-state index >= 15 is 0 Å². The Morgan fingerprint density at radius 2 is 1.79 bits per heavy atom. The monoisotopic (exact) mass is 393 g/mol. The molecule has 28 heavy (non-hydrogen) atoms. The predicted octanol–water partition coefficient (Wildman–Crippen LogP) is 2.88. The summed E-state index contributed by atoms with van der Waals surface area (Å²) in [4.78, 5) is 44.6. The van der Waals surface area contributed by atoms with Crippen molar-refractivity contribution in [1.29, 1.82) is 0 Å². The number of nitrogens with zero attached hydrogens (tertiary/aromatic N) is 3. The Bertz CT molecular complexity index is 1050. The molecule has 3 amide bonds. The van der Waals surface area contributed by atoms with Crippen molar-refractivity contribution in [1.82, 2.24) is 9.80 Å². The summed E-state index contributed by atoms with van der Waals surface area (Å²) in [5, 5.41) is 0.465. The van der Waals surface area contributed by atoms with Gasteiger partial charge in [0.1, 0.15) is 11.7 Å². The smallest absolute Gasteiger partial charge is 0.275 e. The first-order chi connectivity index (χ1) is 13.5. The molecule has 0 aliphatic carbocycles. The Morgan fingerprint density at radius 1 is 1.11 bits per heavy atom. The molecule has 0 spiro atoms. The van der Waals surface area contributed by atoms with Gasteiger partial charge in [-0.05, 0) is 23.3 Å². The molecular formula is C21H16ClN3O3. The molecule has 0 bridgehead atoms. The van der Waals surface area contributed by atoms with Crippen LogP contribution in [0.3, 0.4) is 0 Å². The Kier molecular flexibility index (Phi) is 4.57. The van der Waals surface area contributed by atoms with E-state index in [1.807, 2.05) is 30.3 Å². The fraction of sp³-hybridized carbons (Fsp3) is 0.143. The summed E-state index contributed by atoms with van der Waals surface area (Å²) in [6, 6.07) is 15.6. The van der Waals surface area contributed by atoms with Crippen LogP contribution >= 0.6 is 11.6 Å². The molecule has 0 aromatic heterocycles. The zero-order chi connectivity index (χ0) is 19.8. The topological polar surface area (TPSA) is 70.1 Å². The van der Waals surface area contributed by atoms with Gasteiger partial charge >= 0.3 is 0 Å². The van der Waals surface area contributed by atoms with Crippen LogP contribution in [-0.4, -0.2) is 39.5 Å². The largest absolute Gasteiger partial charge is 0.286 e. The van der Waals surface area contributed by atoms with Gasteiger partial charge in [-0.3, -0.25) is 19.3 Å². The minimum Gasteiger partial charge on any atom is -0.275 e. The number of carbonyl (C=O) groups is 3. The van der Waals surface area contributed by atoms with E-state index in [1.54, 1.807) is 24.3 Å². The molecule has 2 aliphatic rings. The van der Waals surface area contributed by atoms with E-state index in [2.05, 4.69) is 4.99 Å². The number of hydrogen-bond donors (Lipinski definition) is 0. The zero-order valence-electron chi connectivity index (χ0n) is 15.0. The molecule has 7 heteroatoms. The lowest BCUT2D eigenvalue weighted by atomic mass is 10.0. The molecular weight excluding hydrogens is 378 g/mol. The third kappa shape index (κ3) is 3.01. The first-order valence-electron chi connectivity index (χ1n) is 8.74. The number of guanidine groups is 1. The second-order valence-corrected chi connectivity index (χ2v) is 6.94. The number of rotatable bonds is 3. The maximum absolute atomic E-state index is 13.0. The second-order valence-electron chi connectivity index (χ2n) is 6.54. The van der Waals surface area contributed by atoms with Crippen LogP contribution in [0, 0.1) is 0 Å².